The zero-order valence-corrected chi connectivity index (χ0v) is 15.0. The molecule has 2 aromatic rings. The van der Waals surface area contributed by atoms with Crippen molar-refractivity contribution in [3.8, 4) is 11.5 Å². The van der Waals surface area contributed by atoms with Gasteiger partial charge in [-0.05, 0) is 30.2 Å². The van der Waals surface area contributed by atoms with Gasteiger partial charge in [0.05, 0.1) is 0 Å². The highest BCUT2D eigenvalue weighted by atomic mass is 16.6. The van der Waals surface area contributed by atoms with Gasteiger partial charge in [-0.1, -0.05) is 24.3 Å². The van der Waals surface area contributed by atoms with Crippen LogP contribution in [-0.4, -0.2) is 31.6 Å². The lowest BCUT2D eigenvalue weighted by atomic mass is 10.1. The molecule has 1 heterocycles. The summed E-state index contributed by atoms with van der Waals surface area (Å²) in [6, 6.07) is 13.1. The Morgan fingerprint density at radius 1 is 1.08 bits per heavy atom. The second kappa shape index (κ2) is 7.91. The van der Waals surface area contributed by atoms with E-state index in [1.165, 1.54) is 11.8 Å². The Bertz CT molecular complexity index is 819. The fraction of sp³-hybridized carbons (Fsp3) is 0.300. The summed E-state index contributed by atoms with van der Waals surface area (Å²) in [6.07, 6.45) is 0. The molecule has 0 saturated heterocycles. The Labute approximate surface area is 152 Å². The van der Waals surface area contributed by atoms with Crippen molar-refractivity contribution in [1.29, 1.82) is 0 Å². The highest BCUT2D eigenvalue weighted by Gasteiger charge is 2.19. The maximum absolute atomic E-state index is 12.3. The number of ether oxygens (including phenoxy) is 2. The Balaban J connectivity index is 1.67. The number of carbonyl (C=O) groups excluding carboxylic acids is 2. The van der Waals surface area contributed by atoms with Gasteiger partial charge in [-0.2, -0.15) is 0 Å². The fourth-order valence-electron chi connectivity index (χ4n) is 2.79. The molecule has 6 heteroatoms. The van der Waals surface area contributed by atoms with Crippen LogP contribution in [0.15, 0.2) is 42.5 Å². The summed E-state index contributed by atoms with van der Waals surface area (Å²) in [5, 5.41) is 2.87. The van der Waals surface area contributed by atoms with E-state index in [9.17, 15) is 9.59 Å². The number of rotatable bonds is 5. The van der Waals surface area contributed by atoms with E-state index in [-0.39, 0.29) is 18.4 Å². The minimum Gasteiger partial charge on any atom is -0.486 e. The molecule has 0 radical (unpaired) electrons. The van der Waals surface area contributed by atoms with Crippen LogP contribution in [0.25, 0.3) is 0 Å². The van der Waals surface area contributed by atoms with Crippen LogP contribution in [0.5, 0.6) is 11.5 Å². The molecule has 2 aromatic carbocycles. The molecule has 136 valence electrons. The predicted molar refractivity (Wildman–Crippen MR) is 98.5 cm³/mol. The summed E-state index contributed by atoms with van der Waals surface area (Å²) in [5.74, 6) is 0.791. The molecule has 0 saturated carbocycles. The highest BCUT2D eigenvalue weighted by molar-refractivity contribution is 5.97. The molecule has 0 bridgehead atoms. The van der Waals surface area contributed by atoms with Crippen LogP contribution in [0, 0.1) is 6.92 Å². The Morgan fingerprint density at radius 2 is 1.81 bits per heavy atom. The number of aryl methyl sites for hydroxylation is 1. The quantitative estimate of drug-likeness (QED) is 0.895. The smallest absolute Gasteiger partial charge is 0.240 e. The van der Waals surface area contributed by atoms with Gasteiger partial charge in [-0.3, -0.25) is 9.59 Å². The summed E-state index contributed by atoms with van der Waals surface area (Å²) in [5.41, 5.74) is 2.77. The lowest BCUT2D eigenvalue weighted by Crippen LogP contribution is -2.39. The number of anilines is 1. The van der Waals surface area contributed by atoms with Crippen molar-refractivity contribution in [2.75, 3.05) is 24.7 Å². The average molecular weight is 354 g/mol. The van der Waals surface area contributed by atoms with Crippen molar-refractivity contribution in [2.24, 2.45) is 0 Å². The average Bonchev–Trinajstić information content (AvgIpc) is 2.65. The lowest BCUT2D eigenvalue weighted by molar-refractivity contribution is -0.123. The third-order valence-electron chi connectivity index (χ3n) is 4.26. The molecular formula is C20H22N2O4. The fourth-order valence-corrected chi connectivity index (χ4v) is 2.79. The van der Waals surface area contributed by atoms with Gasteiger partial charge in [0.15, 0.2) is 11.5 Å². The van der Waals surface area contributed by atoms with E-state index in [1.54, 1.807) is 18.2 Å². The van der Waals surface area contributed by atoms with E-state index in [4.69, 9.17) is 9.47 Å². The molecule has 1 aliphatic heterocycles. The largest absolute Gasteiger partial charge is 0.486 e. The molecule has 26 heavy (non-hydrogen) atoms. The topological polar surface area (TPSA) is 67.9 Å². The van der Waals surface area contributed by atoms with Crippen molar-refractivity contribution in [2.45, 2.75) is 20.4 Å². The summed E-state index contributed by atoms with van der Waals surface area (Å²) < 4.78 is 11.0. The molecule has 1 aliphatic rings. The van der Waals surface area contributed by atoms with Crippen LogP contribution >= 0.6 is 0 Å². The third-order valence-corrected chi connectivity index (χ3v) is 4.26. The molecule has 6 nitrogen and oxygen atoms in total. The predicted octanol–water partition coefficient (Wildman–Crippen LogP) is 2.44. The SMILES string of the molecule is CC(=O)N(CC(=O)NCc1ccccc1C)c1ccc2c(c1)OCCO2. The monoisotopic (exact) mass is 354 g/mol. The first-order valence-corrected chi connectivity index (χ1v) is 8.53. The molecule has 2 amide bonds. The van der Waals surface area contributed by atoms with E-state index < -0.39 is 0 Å². The number of nitrogens with zero attached hydrogens (tertiary/aromatic N) is 1. The van der Waals surface area contributed by atoms with Gasteiger partial charge in [-0.15, -0.1) is 0 Å². The van der Waals surface area contributed by atoms with Crippen molar-refractivity contribution >= 4 is 17.5 Å². The number of amides is 2. The van der Waals surface area contributed by atoms with Crippen LogP contribution in [0.3, 0.4) is 0 Å². The van der Waals surface area contributed by atoms with Gasteiger partial charge >= 0.3 is 0 Å². The van der Waals surface area contributed by atoms with Gasteiger partial charge < -0.3 is 19.7 Å². The molecule has 0 aromatic heterocycles. The Hall–Kier alpha value is -3.02. The summed E-state index contributed by atoms with van der Waals surface area (Å²) in [4.78, 5) is 25.8. The molecule has 0 unspecified atom stereocenters. The first-order valence-electron chi connectivity index (χ1n) is 8.53. The Morgan fingerprint density at radius 3 is 2.54 bits per heavy atom. The molecule has 1 N–H and O–H groups in total. The van der Waals surface area contributed by atoms with E-state index in [1.807, 2.05) is 31.2 Å². The van der Waals surface area contributed by atoms with Crippen molar-refractivity contribution < 1.29 is 19.1 Å². The second-order valence-corrected chi connectivity index (χ2v) is 6.14. The van der Waals surface area contributed by atoms with Crippen LogP contribution in [-0.2, 0) is 16.1 Å². The molecule has 0 atom stereocenters. The van der Waals surface area contributed by atoms with Gasteiger partial charge in [0.25, 0.3) is 0 Å². The third kappa shape index (κ3) is 4.14. The van der Waals surface area contributed by atoms with Crippen LogP contribution < -0.4 is 19.7 Å². The zero-order chi connectivity index (χ0) is 18.5. The highest BCUT2D eigenvalue weighted by Crippen LogP contribution is 2.34. The van der Waals surface area contributed by atoms with Crippen molar-refractivity contribution in [3.05, 3.63) is 53.6 Å². The van der Waals surface area contributed by atoms with E-state index >= 15 is 0 Å². The first-order chi connectivity index (χ1) is 12.5. The second-order valence-electron chi connectivity index (χ2n) is 6.14. The standard InChI is InChI=1S/C20H22N2O4/c1-14-5-3-4-6-16(14)12-21-20(24)13-22(15(2)23)17-7-8-18-19(11-17)26-10-9-25-18/h3-8,11H,9-10,12-13H2,1-2H3,(H,21,24). The number of fused-ring (bicyclic) bond motifs is 1. The van der Waals surface area contributed by atoms with E-state index in [0.717, 1.165) is 11.1 Å². The van der Waals surface area contributed by atoms with Crippen LogP contribution in [0.1, 0.15) is 18.1 Å². The number of hydrogen-bond donors (Lipinski definition) is 1. The molecule has 0 aliphatic carbocycles. The lowest BCUT2D eigenvalue weighted by Gasteiger charge is -2.24. The van der Waals surface area contributed by atoms with Crippen molar-refractivity contribution in [3.63, 3.8) is 0 Å². The van der Waals surface area contributed by atoms with Crippen LogP contribution in [0.2, 0.25) is 0 Å². The van der Waals surface area contributed by atoms with Crippen molar-refractivity contribution in [1.82, 2.24) is 5.32 Å². The summed E-state index contributed by atoms with van der Waals surface area (Å²) >= 11 is 0. The zero-order valence-electron chi connectivity index (χ0n) is 15.0. The first kappa shape index (κ1) is 17.8. The maximum atomic E-state index is 12.3. The van der Waals surface area contributed by atoms with E-state index in [2.05, 4.69) is 5.32 Å². The van der Waals surface area contributed by atoms with Gasteiger partial charge in [0.1, 0.15) is 19.8 Å². The van der Waals surface area contributed by atoms with Crippen LogP contribution in [0.4, 0.5) is 5.69 Å². The molecular weight excluding hydrogens is 332 g/mol. The maximum Gasteiger partial charge on any atom is 0.240 e. The van der Waals surface area contributed by atoms with Gasteiger partial charge in [0.2, 0.25) is 11.8 Å². The molecule has 0 fully saturated rings. The summed E-state index contributed by atoms with van der Waals surface area (Å²) in [6.45, 7) is 4.78. The molecule has 0 spiro atoms. The number of nitrogens with one attached hydrogen (secondary N) is 1. The normalized spacial score (nSPS) is 12.4. The minimum atomic E-state index is -0.224. The van der Waals surface area contributed by atoms with Gasteiger partial charge in [0, 0.05) is 25.2 Å². The van der Waals surface area contributed by atoms with E-state index in [0.29, 0.717) is 36.9 Å². The number of carbonyl (C=O) groups is 2. The number of hydrogen-bond acceptors (Lipinski definition) is 4. The molecule has 3 rings (SSSR count). The van der Waals surface area contributed by atoms with Gasteiger partial charge in [-0.25, -0.2) is 0 Å². The minimum absolute atomic E-state index is 0.0547. The Kier molecular flexibility index (Phi) is 5.41. The number of benzene rings is 2. The summed E-state index contributed by atoms with van der Waals surface area (Å²) in [7, 11) is 0.